The van der Waals surface area contributed by atoms with Crippen molar-refractivity contribution in [2.24, 2.45) is 11.8 Å². The van der Waals surface area contributed by atoms with Gasteiger partial charge < -0.3 is 33.8 Å². The van der Waals surface area contributed by atoms with Crippen molar-refractivity contribution in [2.75, 3.05) is 39.6 Å². The van der Waals surface area contributed by atoms with E-state index in [4.69, 9.17) is 37.0 Å². The van der Waals surface area contributed by atoms with Gasteiger partial charge in [-0.25, -0.2) is 9.13 Å². The molecule has 0 aliphatic rings. The highest BCUT2D eigenvalue weighted by molar-refractivity contribution is 7.47. The van der Waals surface area contributed by atoms with E-state index in [1.807, 2.05) is 0 Å². The molecular weight excluding hydrogens is 1220 g/mol. The average molecular weight is 1370 g/mol. The summed E-state index contributed by atoms with van der Waals surface area (Å²) in [5.41, 5.74) is 0. The molecule has 0 saturated carbocycles. The molecule has 0 aromatic carbocycles. The van der Waals surface area contributed by atoms with Crippen LogP contribution < -0.4 is 0 Å². The smallest absolute Gasteiger partial charge is 0.462 e. The predicted molar refractivity (Wildman–Crippen MR) is 377 cm³/mol. The molecular formula is C74H144O17P2. The lowest BCUT2D eigenvalue weighted by atomic mass is 10.0. The molecule has 0 radical (unpaired) electrons. The SMILES string of the molecule is CCCCCCCCCCCCCCCCCCCCCCCC(=O)O[C@H](COC(=O)CCCCCCCCCCCCCC)COP(=O)(O)OC[C@@H](O)COP(=O)(O)OC[C@@H](COC(=O)CCCCCCCCCC(C)C)OC(=O)CCCCCCCCCC(C)C. The van der Waals surface area contributed by atoms with E-state index in [1.54, 1.807) is 0 Å². The zero-order valence-corrected chi connectivity index (χ0v) is 62.3. The molecule has 2 unspecified atom stereocenters. The van der Waals surface area contributed by atoms with Gasteiger partial charge in [-0.05, 0) is 37.5 Å². The molecule has 0 amide bonds. The summed E-state index contributed by atoms with van der Waals surface area (Å²) in [6, 6.07) is 0. The lowest BCUT2D eigenvalue weighted by Gasteiger charge is -2.21. The first-order chi connectivity index (χ1) is 44.9. The van der Waals surface area contributed by atoms with Gasteiger partial charge in [-0.3, -0.25) is 37.3 Å². The van der Waals surface area contributed by atoms with E-state index >= 15 is 0 Å². The van der Waals surface area contributed by atoms with Gasteiger partial charge in [-0.2, -0.15) is 0 Å². The predicted octanol–water partition coefficient (Wildman–Crippen LogP) is 21.6. The van der Waals surface area contributed by atoms with E-state index in [-0.39, 0.29) is 25.7 Å². The van der Waals surface area contributed by atoms with E-state index in [2.05, 4.69) is 41.5 Å². The molecule has 93 heavy (non-hydrogen) atoms. The third-order valence-electron chi connectivity index (χ3n) is 17.2. The van der Waals surface area contributed by atoms with Crippen LogP contribution in [0, 0.1) is 11.8 Å². The van der Waals surface area contributed by atoms with Crippen molar-refractivity contribution < 1.29 is 80.2 Å². The van der Waals surface area contributed by atoms with Gasteiger partial charge in [0.25, 0.3) is 0 Å². The molecule has 0 heterocycles. The number of hydrogen-bond acceptors (Lipinski definition) is 15. The highest BCUT2D eigenvalue weighted by Gasteiger charge is 2.30. The zero-order valence-electron chi connectivity index (χ0n) is 60.6. The minimum Gasteiger partial charge on any atom is -0.462 e. The number of aliphatic hydroxyl groups excluding tert-OH is 1. The quantitative estimate of drug-likeness (QED) is 0.0222. The summed E-state index contributed by atoms with van der Waals surface area (Å²) in [4.78, 5) is 72.6. The Hall–Kier alpha value is -1.94. The number of phosphoric acid groups is 2. The highest BCUT2D eigenvalue weighted by Crippen LogP contribution is 2.45. The Morgan fingerprint density at radius 3 is 0.731 bits per heavy atom. The first kappa shape index (κ1) is 91.1. The van der Waals surface area contributed by atoms with Gasteiger partial charge in [-0.1, -0.05) is 330 Å². The molecule has 552 valence electrons. The lowest BCUT2D eigenvalue weighted by molar-refractivity contribution is -0.161. The van der Waals surface area contributed by atoms with Crippen molar-refractivity contribution >= 4 is 39.5 Å². The maximum absolute atomic E-state index is 13.1. The molecule has 0 fully saturated rings. The molecule has 0 spiro atoms. The molecule has 0 bridgehead atoms. The Bertz CT molecular complexity index is 1800. The molecule has 3 N–H and O–H groups in total. The highest BCUT2D eigenvalue weighted by atomic mass is 31.2. The van der Waals surface area contributed by atoms with Gasteiger partial charge in [0.05, 0.1) is 26.4 Å². The summed E-state index contributed by atoms with van der Waals surface area (Å²) in [7, 11) is -9.90. The van der Waals surface area contributed by atoms with Crippen molar-refractivity contribution in [2.45, 2.75) is 400 Å². The van der Waals surface area contributed by atoms with Crippen LogP contribution in [0.3, 0.4) is 0 Å². The van der Waals surface area contributed by atoms with E-state index in [9.17, 15) is 43.2 Å². The van der Waals surface area contributed by atoms with Crippen molar-refractivity contribution in [3.8, 4) is 0 Å². The monoisotopic (exact) mass is 1370 g/mol. The van der Waals surface area contributed by atoms with Crippen LogP contribution in [0.4, 0.5) is 0 Å². The summed E-state index contributed by atoms with van der Waals surface area (Å²) in [5, 5.41) is 10.6. The second-order valence-corrected chi connectivity index (χ2v) is 30.5. The molecule has 0 aromatic rings. The van der Waals surface area contributed by atoms with Gasteiger partial charge in [0.15, 0.2) is 12.2 Å². The van der Waals surface area contributed by atoms with E-state index < -0.39 is 97.5 Å². The second kappa shape index (κ2) is 66.0. The van der Waals surface area contributed by atoms with Gasteiger partial charge in [-0.15, -0.1) is 0 Å². The third kappa shape index (κ3) is 68.4. The Labute approximate surface area is 568 Å². The molecule has 17 nitrogen and oxygen atoms in total. The van der Waals surface area contributed by atoms with Crippen LogP contribution in [-0.4, -0.2) is 96.7 Å². The standard InChI is InChI=1S/C74H144O17P2/c1-7-9-11-13-15-17-19-21-22-23-24-25-26-27-28-29-31-33-39-46-52-58-73(78)90-69(62-84-71(76)56-50-44-38-32-30-20-18-16-14-12-10-8-2)64-88-92(80,81)86-60-68(75)61-87-93(82,83)89-65-70(91-74(79)59-53-47-41-35-37-43-49-55-67(5)6)63-85-72(77)57-51-45-40-34-36-42-48-54-66(3)4/h66-70,75H,7-65H2,1-6H3,(H,80,81)(H,82,83)/t68-,69-,70-/m1/s1. The van der Waals surface area contributed by atoms with Crippen LogP contribution in [0.5, 0.6) is 0 Å². The molecule has 19 heteroatoms. The maximum atomic E-state index is 13.1. The fraction of sp³-hybridized carbons (Fsp3) is 0.946. The Morgan fingerprint density at radius 1 is 0.290 bits per heavy atom. The number of hydrogen-bond donors (Lipinski definition) is 3. The molecule has 0 aliphatic heterocycles. The largest absolute Gasteiger partial charge is 0.472 e. The van der Waals surface area contributed by atoms with Gasteiger partial charge >= 0.3 is 39.5 Å². The summed E-state index contributed by atoms with van der Waals surface area (Å²) >= 11 is 0. The second-order valence-electron chi connectivity index (χ2n) is 27.6. The fourth-order valence-corrected chi connectivity index (χ4v) is 12.9. The van der Waals surface area contributed by atoms with Crippen LogP contribution in [-0.2, 0) is 65.4 Å². The average Bonchev–Trinajstić information content (AvgIpc) is 2.93. The third-order valence-corrected chi connectivity index (χ3v) is 19.1. The van der Waals surface area contributed by atoms with Crippen molar-refractivity contribution in [1.29, 1.82) is 0 Å². The first-order valence-electron chi connectivity index (χ1n) is 38.5. The number of unbranched alkanes of at least 4 members (excludes halogenated alkanes) is 43. The summed E-state index contributed by atoms with van der Waals surface area (Å²) in [6.07, 6.45) is 53.1. The normalized spacial score (nSPS) is 14.1. The zero-order chi connectivity index (χ0) is 68.6. The Balaban J connectivity index is 5.17. The van der Waals surface area contributed by atoms with Gasteiger partial charge in [0.2, 0.25) is 0 Å². The maximum Gasteiger partial charge on any atom is 0.472 e. The number of carbonyl (C=O) groups excluding carboxylic acids is 4. The van der Waals surface area contributed by atoms with Crippen LogP contribution in [0.25, 0.3) is 0 Å². The minimum absolute atomic E-state index is 0.103. The number of phosphoric ester groups is 2. The van der Waals surface area contributed by atoms with Crippen molar-refractivity contribution in [3.05, 3.63) is 0 Å². The Morgan fingerprint density at radius 2 is 0.495 bits per heavy atom. The van der Waals surface area contributed by atoms with Crippen LogP contribution >= 0.6 is 15.6 Å². The molecule has 5 atom stereocenters. The van der Waals surface area contributed by atoms with E-state index in [1.165, 1.54) is 193 Å². The summed E-state index contributed by atoms with van der Waals surface area (Å²) in [5.74, 6) is -0.722. The van der Waals surface area contributed by atoms with E-state index in [0.717, 1.165) is 96.3 Å². The topological polar surface area (TPSA) is 237 Å². The number of ether oxygens (including phenoxy) is 4. The molecule has 0 aromatic heterocycles. The van der Waals surface area contributed by atoms with Crippen molar-refractivity contribution in [1.82, 2.24) is 0 Å². The lowest BCUT2D eigenvalue weighted by Crippen LogP contribution is -2.30. The molecule has 0 saturated heterocycles. The first-order valence-corrected chi connectivity index (χ1v) is 41.5. The molecule has 0 rings (SSSR count). The number of esters is 4. The van der Waals surface area contributed by atoms with Crippen LogP contribution in [0.1, 0.15) is 382 Å². The van der Waals surface area contributed by atoms with E-state index in [0.29, 0.717) is 37.5 Å². The summed E-state index contributed by atoms with van der Waals surface area (Å²) < 4.78 is 68.4. The van der Waals surface area contributed by atoms with Gasteiger partial charge in [0.1, 0.15) is 19.3 Å². The number of aliphatic hydroxyl groups is 1. The molecule has 0 aliphatic carbocycles. The fourth-order valence-electron chi connectivity index (χ4n) is 11.3. The van der Waals surface area contributed by atoms with Crippen molar-refractivity contribution in [3.63, 3.8) is 0 Å². The minimum atomic E-state index is -4.95. The summed E-state index contributed by atoms with van der Waals surface area (Å²) in [6.45, 7) is 9.45. The Kier molecular flexibility index (Phi) is 64.6. The van der Waals surface area contributed by atoms with Crippen LogP contribution in [0.15, 0.2) is 0 Å². The number of carbonyl (C=O) groups is 4. The van der Waals surface area contributed by atoms with Crippen LogP contribution in [0.2, 0.25) is 0 Å². The number of rotatable bonds is 73. The van der Waals surface area contributed by atoms with Gasteiger partial charge in [0, 0.05) is 25.7 Å².